The minimum atomic E-state index is -0.979. The highest BCUT2D eigenvalue weighted by atomic mass is 16.4. The van der Waals surface area contributed by atoms with E-state index in [0.29, 0.717) is 6.42 Å². The summed E-state index contributed by atoms with van der Waals surface area (Å²) in [7, 11) is 0. The van der Waals surface area contributed by atoms with Gasteiger partial charge < -0.3 is 15.3 Å². The Balaban J connectivity index is 3.18. The van der Waals surface area contributed by atoms with E-state index in [4.69, 9.17) is 5.11 Å². The molecule has 3 N–H and O–H groups in total. The molecule has 0 aromatic rings. The fourth-order valence-electron chi connectivity index (χ4n) is 2.92. The van der Waals surface area contributed by atoms with Crippen LogP contribution in [-0.2, 0) is 0 Å². The van der Waals surface area contributed by atoms with Crippen LogP contribution in [0.25, 0.3) is 0 Å². The molecular formula is C21H42O3. The first-order chi connectivity index (χ1) is 11.7. The fourth-order valence-corrected chi connectivity index (χ4v) is 2.92. The van der Waals surface area contributed by atoms with Gasteiger partial charge in [-0.15, -0.1) is 0 Å². The van der Waals surface area contributed by atoms with Gasteiger partial charge >= 0.3 is 0 Å². The highest BCUT2D eigenvalue weighted by molar-refractivity contribution is 4.81. The Hall–Kier alpha value is -0.380. The number of allylic oxidation sites excluding steroid dienone is 2. The maximum absolute atomic E-state index is 9.52. The molecule has 144 valence electrons. The van der Waals surface area contributed by atoms with Crippen molar-refractivity contribution in [1.29, 1.82) is 0 Å². The third kappa shape index (κ3) is 16.5. The summed E-state index contributed by atoms with van der Waals surface area (Å²) in [6.45, 7) is 1.91. The van der Waals surface area contributed by atoms with Crippen LogP contribution in [0.5, 0.6) is 0 Å². The molecule has 0 amide bonds. The SMILES string of the molecule is CCCCCCCCC=CCCCCCCCCC(O)C(O)CO. The van der Waals surface area contributed by atoms with E-state index in [1.807, 2.05) is 0 Å². The standard InChI is InChI=1S/C21H42O3/c1-2-3-4-5-6-7-8-9-10-11-12-13-14-15-16-17-18-20(23)21(24)19-22/h9-10,20-24H,2-8,11-19H2,1H3. The Morgan fingerprint density at radius 3 is 1.58 bits per heavy atom. The van der Waals surface area contributed by atoms with Crippen molar-refractivity contribution in [3.63, 3.8) is 0 Å². The van der Waals surface area contributed by atoms with Gasteiger partial charge in [-0.3, -0.25) is 0 Å². The summed E-state index contributed by atoms with van der Waals surface area (Å²) in [5, 5.41) is 27.5. The molecule has 0 aromatic heterocycles. The second-order valence-corrected chi connectivity index (χ2v) is 7.04. The zero-order valence-electron chi connectivity index (χ0n) is 16.0. The van der Waals surface area contributed by atoms with Crippen LogP contribution in [0, 0.1) is 0 Å². The van der Waals surface area contributed by atoms with Gasteiger partial charge in [0.1, 0.15) is 6.10 Å². The Bertz CT molecular complexity index is 266. The predicted molar refractivity (Wildman–Crippen MR) is 103 cm³/mol. The zero-order chi connectivity index (χ0) is 17.9. The van der Waals surface area contributed by atoms with Gasteiger partial charge in [0.05, 0.1) is 12.7 Å². The van der Waals surface area contributed by atoms with E-state index in [0.717, 1.165) is 12.8 Å². The normalized spacial score (nSPS) is 14.3. The summed E-state index contributed by atoms with van der Waals surface area (Å²) in [5.41, 5.74) is 0. The van der Waals surface area contributed by atoms with Crippen molar-refractivity contribution in [3.05, 3.63) is 12.2 Å². The average molecular weight is 343 g/mol. The number of aliphatic hydroxyl groups excluding tert-OH is 3. The second kappa shape index (κ2) is 19.0. The molecule has 0 aromatic carbocycles. The molecule has 0 aliphatic rings. The van der Waals surface area contributed by atoms with Crippen molar-refractivity contribution in [3.8, 4) is 0 Å². The van der Waals surface area contributed by atoms with E-state index in [1.165, 1.54) is 77.0 Å². The number of unbranched alkanes of at least 4 members (excludes halogenated alkanes) is 12. The van der Waals surface area contributed by atoms with E-state index in [2.05, 4.69) is 19.1 Å². The summed E-state index contributed by atoms with van der Waals surface area (Å²) < 4.78 is 0. The molecule has 0 aliphatic heterocycles. The smallest absolute Gasteiger partial charge is 0.103 e. The molecule has 0 aliphatic carbocycles. The lowest BCUT2D eigenvalue weighted by Crippen LogP contribution is -2.28. The van der Waals surface area contributed by atoms with E-state index in [-0.39, 0.29) is 6.61 Å². The third-order valence-corrected chi connectivity index (χ3v) is 4.64. The second-order valence-electron chi connectivity index (χ2n) is 7.04. The quantitative estimate of drug-likeness (QED) is 0.239. The van der Waals surface area contributed by atoms with Crippen molar-refractivity contribution in [1.82, 2.24) is 0 Å². The first-order valence-corrected chi connectivity index (χ1v) is 10.3. The minimum Gasteiger partial charge on any atom is -0.394 e. The van der Waals surface area contributed by atoms with Gasteiger partial charge in [0, 0.05) is 0 Å². The highest BCUT2D eigenvalue weighted by Gasteiger charge is 2.13. The van der Waals surface area contributed by atoms with Crippen LogP contribution in [-0.4, -0.2) is 34.1 Å². The van der Waals surface area contributed by atoms with Gasteiger partial charge in [-0.1, -0.05) is 83.3 Å². The number of hydrogen-bond acceptors (Lipinski definition) is 3. The molecule has 3 nitrogen and oxygen atoms in total. The first-order valence-electron chi connectivity index (χ1n) is 10.3. The van der Waals surface area contributed by atoms with E-state index >= 15 is 0 Å². The van der Waals surface area contributed by atoms with E-state index in [1.54, 1.807) is 0 Å². The van der Waals surface area contributed by atoms with Crippen LogP contribution >= 0.6 is 0 Å². The van der Waals surface area contributed by atoms with Gasteiger partial charge in [-0.05, 0) is 32.1 Å². The molecule has 24 heavy (non-hydrogen) atoms. The number of hydrogen-bond donors (Lipinski definition) is 3. The molecular weight excluding hydrogens is 300 g/mol. The molecule has 0 saturated heterocycles. The molecule has 0 radical (unpaired) electrons. The Morgan fingerprint density at radius 1 is 0.625 bits per heavy atom. The van der Waals surface area contributed by atoms with Crippen LogP contribution in [0.2, 0.25) is 0 Å². The third-order valence-electron chi connectivity index (χ3n) is 4.64. The summed E-state index contributed by atoms with van der Waals surface area (Å²) in [5.74, 6) is 0. The topological polar surface area (TPSA) is 60.7 Å². The maximum Gasteiger partial charge on any atom is 0.103 e. The maximum atomic E-state index is 9.52. The fraction of sp³-hybridized carbons (Fsp3) is 0.905. The molecule has 0 saturated carbocycles. The predicted octanol–water partition coefficient (Wildman–Crippen LogP) is 5.13. The van der Waals surface area contributed by atoms with Crippen molar-refractivity contribution >= 4 is 0 Å². The van der Waals surface area contributed by atoms with Gasteiger partial charge in [-0.2, -0.15) is 0 Å². The van der Waals surface area contributed by atoms with Crippen LogP contribution in [0.1, 0.15) is 103 Å². The van der Waals surface area contributed by atoms with E-state index < -0.39 is 12.2 Å². The summed E-state index contributed by atoms with van der Waals surface area (Å²) in [6, 6.07) is 0. The van der Waals surface area contributed by atoms with Crippen molar-refractivity contribution in [2.45, 2.75) is 115 Å². The van der Waals surface area contributed by atoms with Gasteiger partial charge in [0.15, 0.2) is 0 Å². The Morgan fingerprint density at radius 2 is 1.08 bits per heavy atom. The van der Waals surface area contributed by atoms with E-state index in [9.17, 15) is 10.2 Å². The number of aliphatic hydroxyl groups is 3. The van der Waals surface area contributed by atoms with Crippen molar-refractivity contribution < 1.29 is 15.3 Å². The van der Waals surface area contributed by atoms with Crippen LogP contribution in [0.3, 0.4) is 0 Å². The zero-order valence-corrected chi connectivity index (χ0v) is 16.0. The Kier molecular flexibility index (Phi) is 18.7. The summed E-state index contributed by atoms with van der Waals surface area (Å²) in [4.78, 5) is 0. The summed E-state index contributed by atoms with van der Waals surface area (Å²) in [6.07, 6.45) is 21.3. The lowest BCUT2D eigenvalue weighted by Gasteiger charge is -2.14. The van der Waals surface area contributed by atoms with Gasteiger partial charge in [-0.25, -0.2) is 0 Å². The van der Waals surface area contributed by atoms with Gasteiger partial charge in [0.25, 0.3) is 0 Å². The lowest BCUT2D eigenvalue weighted by molar-refractivity contribution is -0.0185. The number of rotatable bonds is 18. The van der Waals surface area contributed by atoms with Crippen molar-refractivity contribution in [2.24, 2.45) is 0 Å². The largest absolute Gasteiger partial charge is 0.394 e. The van der Waals surface area contributed by atoms with Gasteiger partial charge in [0.2, 0.25) is 0 Å². The molecule has 0 spiro atoms. The van der Waals surface area contributed by atoms with Crippen LogP contribution < -0.4 is 0 Å². The highest BCUT2D eigenvalue weighted by Crippen LogP contribution is 2.12. The van der Waals surface area contributed by atoms with Crippen molar-refractivity contribution in [2.75, 3.05) is 6.61 Å². The Labute approximate surface area is 150 Å². The molecule has 2 atom stereocenters. The molecule has 0 fully saturated rings. The average Bonchev–Trinajstić information content (AvgIpc) is 2.60. The minimum absolute atomic E-state index is 0.354. The molecule has 0 heterocycles. The van der Waals surface area contributed by atoms with Crippen LogP contribution in [0.15, 0.2) is 12.2 Å². The lowest BCUT2D eigenvalue weighted by atomic mass is 10.0. The molecule has 0 rings (SSSR count). The monoisotopic (exact) mass is 342 g/mol. The molecule has 2 unspecified atom stereocenters. The first kappa shape index (κ1) is 23.6. The van der Waals surface area contributed by atoms with Crippen LogP contribution in [0.4, 0.5) is 0 Å². The molecule has 0 bridgehead atoms. The summed E-state index contributed by atoms with van der Waals surface area (Å²) >= 11 is 0. The molecule has 3 heteroatoms.